The minimum Gasteiger partial charge on any atom is -0.468 e. The molecule has 2 bridgehead atoms. The molecule has 2 unspecified atom stereocenters. The molecule has 12 nitrogen and oxygen atoms in total. The Morgan fingerprint density at radius 3 is 2.61 bits per heavy atom. The van der Waals surface area contributed by atoms with Crippen LogP contribution < -0.4 is 14.4 Å². The van der Waals surface area contributed by atoms with Crippen LogP contribution in [0.2, 0.25) is 0 Å². The van der Waals surface area contributed by atoms with Crippen molar-refractivity contribution in [1.29, 1.82) is 0 Å². The number of benzene rings is 2. The van der Waals surface area contributed by atoms with Crippen molar-refractivity contribution in [2.75, 3.05) is 64.7 Å². The molecule has 9 rings (SSSR count). The number of hydrogen-bond acceptors (Lipinski definition) is 11. The molecule has 4 atom stereocenters. The van der Waals surface area contributed by atoms with Gasteiger partial charge in [-0.2, -0.15) is 9.97 Å². The van der Waals surface area contributed by atoms with Crippen molar-refractivity contribution in [2.24, 2.45) is 4.99 Å². The summed E-state index contributed by atoms with van der Waals surface area (Å²) >= 11 is 0. The van der Waals surface area contributed by atoms with Gasteiger partial charge in [0.25, 0.3) is 0 Å². The van der Waals surface area contributed by atoms with E-state index >= 15 is 4.39 Å². The Kier molecular flexibility index (Phi) is 8.68. The van der Waals surface area contributed by atoms with Gasteiger partial charge in [0.1, 0.15) is 41.5 Å². The summed E-state index contributed by atoms with van der Waals surface area (Å²) in [6.45, 7) is 8.97. The normalized spacial score (nSPS) is 26.3. The molecule has 2 aromatic carbocycles. The first-order valence-corrected chi connectivity index (χ1v) is 19.1. The maximum atomic E-state index is 17.7. The van der Waals surface area contributed by atoms with Crippen LogP contribution in [0.25, 0.3) is 22.3 Å². The van der Waals surface area contributed by atoms with Crippen LogP contribution in [0.5, 0.6) is 11.8 Å². The number of piperazine rings is 1. The monoisotopic (exact) mass is 743 g/mol. The Morgan fingerprint density at radius 2 is 1.83 bits per heavy atom. The molecule has 0 spiro atoms. The summed E-state index contributed by atoms with van der Waals surface area (Å²) < 4.78 is 55.8. The van der Waals surface area contributed by atoms with E-state index < -0.39 is 23.1 Å². The van der Waals surface area contributed by atoms with Gasteiger partial charge in [0.2, 0.25) is 0 Å². The van der Waals surface area contributed by atoms with Gasteiger partial charge in [-0.15, -0.1) is 0 Å². The van der Waals surface area contributed by atoms with E-state index in [2.05, 4.69) is 9.80 Å². The molecule has 4 saturated heterocycles. The van der Waals surface area contributed by atoms with Gasteiger partial charge in [-0.1, -0.05) is 24.3 Å². The summed E-state index contributed by atoms with van der Waals surface area (Å²) in [6, 6.07) is 11.4. The number of hydrogen-bond donors (Lipinski definition) is 0. The highest BCUT2D eigenvalue weighted by atomic mass is 19.1. The number of amides is 1. The summed E-state index contributed by atoms with van der Waals surface area (Å²) in [5.41, 5.74) is 0.543. The summed E-state index contributed by atoms with van der Waals surface area (Å²) in [4.78, 5) is 36.3. The predicted octanol–water partition coefficient (Wildman–Crippen LogP) is 6.03. The highest BCUT2D eigenvalue weighted by molar-refractivity contribution is 6.17. The number of fused-ring (bicyclic) bond motifs is 7. The molecule has 0 aliphatic carbocycles. The number of anilines is 1. The zero-order valence-electron chi connectivity index (χ0n) is 31.3. The van der Waals surface area contributed by atoms with Gasteiger partial charge in [-0.3, -0.25) is 14.8 Å². The van der Waals surface area contributed by atoms with Gasteiger partial charge in [0.05, 0.1) is 35.4 Å². The third kappa shape index (κ3) is 6.01. The quantitative estimate of drug-likeness (QED) is 0.254. The highest BCUT2D eigenvalue weighted by Crippen LogP contribution is 2.47. The average Bonchev–Trinajstić information content (AvgIpc) is 3.90. The van der Waals surface area contributed by atoms with Crippen LogP contribution in [-0.2, 0) is 9.47 Å². The molecule has 3 aromatic rings. The molecule has 1 aromatic heterocycles. The van der Waals surface area contributed by atoms with E-state index in [1.54, 1.807) is 7.11 Å². The van der Waals surface area contributed by atoms with E-state index in [-0.39, 0.29) is 43.3 Å². The van der Waals surface area contributed by atoms with Crippen molar-refractivity contribution in [3.8, 4) is 11.8 Å². The SMILES string of the molecule is COCOc1cc(C2=C(F)c3nc(OC[C@@]45CCCN4C[C@H](F)C5)nc(N4CC5CCC(C4)N5C(=O)OC(C)(C)C)c3C3=NCCN32)c2ccccc2c1. The van der Waals surface area contributed by atoms with Crippen molar-refractivity contribution in [3.05, 3.63) is 53.2 Å². The highest BCUT2D eigenvalue weighted by Gasteiger charge is 2.50. The Bertz CT molecular complexity index is 2040. The van der Waals surface area contributed by atoms with Gasteiger partial charge in [0, 0.05) is 45.3 Å². The lowest BCUT2D eigenvalue weighted by atomic mass is 9.95. The molecule has 4 fully saturated rings. The largest absolute Gasteiger partial charge is 0.468 e. The van der Waals surface area contributed by atoms with E-state index in [9.17, 15) is 9.18 Å². The second kappa shape index (κ2) is 13.3. The zero-order chi connectivity index (χ0) is 37.4. The number of carbonyl (C=O) groups excluding carboxylic acids is 1. The molecule has 7 heterocycles. The Labute approximate surface area is 313 Å². The number of alkyl halides is 1. The van der Waals surface area contributed by atoms with Crippen LogP contribution in [0.1, 0.15) is 69.7 Å². The Morgan fingerprint density at radius 1 is 1.04 bits per heavy atom. The third-order valence-corrected chi connectivity index (χ3v) is 11.7. The second-order valence-electron chi connectivity index (χ2n) is 16.4. The number of amidine groups is 1. The van der Waals surface area contributed by atoms with Gasteiger partial charge in [-0.05, 0) is 75.9 Å². The number of methoxy groups -OCH3 is 1. The number of ether oxygens (including phenoxy) is 4. The first-order chi connectivity index (χ1) is 26.0. The van der Waals surface area contributed by atoms with E-state index in [4.69, 9.17) is 33.9 Å². The standard InChI is InChI=1S/C40H47F2N7O5/c1-39(2,3)54-38(50)49-26-10-11-27(49)21-46(20-26)36-31-33(44-37(45-36)52-22-40-12-7-14-47(40)19-25(41)18-40)32(42)34(48-15-13-43-35(31)48)30-17-28(53-23-51-4)16-24-8-5-6-9-29(24)30/h5-6,8-9,16-17,25-27H,7,10-15,18-23H2,1-4H3/t25-,26?,27?,40+/m1/s1. The van der Waals surface area contributed by atoms with Crippen molar-refractivity contribution in [1.82, 2.24) is 24.7 Å². The smallest absolute Gasteiger partial charge is 0.410 e. The van der Waals surface area contributed by atoms with Crippen molar-refractivity contribution in [2.45, 2.75) is 82.3 Å². The van der Waals surface area contributed by atoms with Crippen LogP contribution in [-0.4, -0.2) is 126 Å². The number of carbonyl (C=O) groups is 1. The van der Waals surface area contributed by atoms with E-state index in [1.165, 1.54) is 0 Å². The average molecular weight is 744 g/mol. The van der Waals surface area contributed by atoms with Crippen LogP contribution in [0, 0.1) is 0 Å². The third-order valence-electron chi connectivity index (χ3n) is 11.7. The molecule has 286 valence electrons. The molecule has 6 aliphatic rings. The predicted molar refractivity (Wildman–Crippen MR) is 200 cm³/mol. The number of nitrogens with zero attached hydrogens (tertiary/aromatic N) is 7. The summed E-state index contributed by atoms with van der Waals surface area (Å²) in [5, 5.41) is 1.74. The number of rotatable bonds is 8. The first kappa shape index (κ1) is 35.2. The van der Waals surface area contributed by atoms with Gasteiger partial charge < -0.3 is 28.7 Å². The van der Waals surface area contributed by atoms with Crippen LogP contribution in [0.15, 0.2) is 41.4 Å². The Balaban J connectivity index is 1.16. The van der Waals surface area contributed by atoms with Crippen LogP contribution in [0.4, 0.5) is 19.4 Å². The molecular weight excluding hydrogens is 696 g/mol. The lowest BCUT2D eigenvalue weighted by molar-refractivity contribution is 0.0122. The zero-order valence-corrected chi connectivity index (χ0v) is 31.3. The maximum absolute atomic E-state index is 17.7. The fraction of sp³-hybridized carbons (Fsp3) is 0.550. The molecule has 0 saturated carbocycles. The molecule has 54 heavy (non-hydrogen) atoms. The minimum atomic E-state index is -0.918. The maximum Gasteiger partial charge on any atom is 0.410 e. The molecule has 1 amide bonds. The van der Waals surface area contributed by atoms with Crippen molar-refractivity contribution >= 4 is 40.0 Å². The summed E-state index contributed by atoms with van der Waals surface area (Å²) in [5.74, 6) is 1.14. The number of aromatic nitrogens is 2. The molecule has 14 heteroatoms. The summed E-state index contributed by atoms with van der Waals surface area (Å²) in [6.07, 6.45) is 2.58. The van der Waals surface area contributed by atoms with E-state index in [0.717, 1.165) is 43.0 Å². The molecule has 0 N–H and O–H groups in total. The number of halogens is 2. The van der Waals surface area contributed by atoms with Crippen molar-refractivity contribution < 1.29 is 32.5 Å². The summed E-state index contributed by atoms with van der Waals surface area (Å²) in [7, 11) is 1.56. The molecule has 6 aliphatic heterocycles. The molecular formula is C40H47F2N7O5. The second-order valence-corrected chi connectivity index (χ2v) is 16.4. The number of aliphatic imine (C=N–C) groups is 1. The first-order valence-electron chi connectivity index (χ1n) is 19.1. The van der Waals surface area contributed by atoms with E-state index in [1.807, 2.05) is 67.0 Å². The van der Waals surface area contributed by atoms with Gasteiger partial charge in [-0.25, -0.2) is 13.6 Å². The topological polar surface area (TPSA) is 105 Å². The van der Waals surface area contributed by atoms with Gasteiger partial charge >= 0.3 is 12.1 Å². The van der Waals surface area contributed by atoms with Crippen LogP contribution in [0.3, 0.4) is 0 Å². The van der Waals surface area contributed by atoms with Crippen molar-refractivity contribution in [3.63, 3.8) is 0 Å². The van der Waals surface area contributed by atoms with Crippen LogP contribution >= 0.6 is 0 Å². The molecule has 0 radical (unpaired) electrons. The fourth-order valence-electron chi connectivity index (χ4n) is 9.49. The fourth-order valence-corrected chi connectivity index (χ4v) is 9.49. The minimum absolute atomic E-state index is 0.0396. The Hall–Kier alpha value is -4.56. The lowest BCUT2D eigenvalue weighted by Gasteiger charge is -2.43. The lowest BCUT2D eigenvalue weighted by Crippen LogP contribution is -2.57. The van der Waals surface area contributed by atoms with E-state index in [0.29, 0.717) is 73.4 Å². The van der Waals surface area contributed by atoms with Gasteiger partial charge in [0.15, 0.2) is 12.6 Å².